The van der Waals surface area contributed by atoms with Crippen LogP contribution in [0.1, 0.15) is 33.0 Å². The molecule has 0 spiro atoms. The van der Waals surface area contributed by atoms with E-state index in [1.165, 1.54) is 0 Å². The molecule has 0 bridgehead atoms. The van der Waals surface area contributed by atoms with Crippen LogP contribution in [-0.4, -0.2) is 61.2 Å². The molecular formula is C26H30N4O3. The number of carbonyl (C=O) groups is 1. The fourth-order valence-corrected chi connectivity index (χ4v) is 4.23. The Balaban J connectivity index is 1.52. The Morgan fingerprint density at radius 3 is 2.27 bits per heavy atom. The number of rotatable bonds is 6. The highest BCUT2D eigenvalue weighted by atomic mass is 16.5. The van der Waals surface area contributed by atoms with Crippen molar-refractivity contribution in [2.24, 2.45) is 0 Å². The molecule has 4 rings (SSSR count). The molecule has 0 unspecified atom stereocenters. The Bertz CT molecular complexity index is 1140. The zero-order chi connectivity index (χ0) is 23.4. The summed E-state index contributed by atoms with van der Waals surface area (Å²) >= 11 is 0. The quantitative estimate of drug-likeness (QED) is 0.576. The second-order valence-corrected chi connectivity index (χ2v) is 8.20. The SMILES string of the molecule is COc1cccc(Cc2c(C)nc(C)nc2N2CCN(C(=O)c3cccc(OC)c3)CC2)c1. The highest BCUT2D eigenvalue weighted by molar-refractivity contribution is 5.94. The van der Waals surface area contributed by atoms with Crippen LogP contribution in [0.4, 0.5) is 5.82 Å². The van der Waals surface area contributed by atoms with Gasteiger partial charge >= 0.3 is 0 Å². The third-order valence-corrected chi connectivity index (χ3v) is 6.00. The van der Waals surface area contributed by atoms with Crippen molar-refractivity contribution in [2.75, 3.05) is 45.3 Å². The molecule has 0 aliphatic carbocycles. The van der Waals surface area contributed by atoms with Gasteiger partial charge in [-0.3, -0.25) is 4.79 Å². The Hall–Kier alpha value is -3.61. The van der Waals surface area contributed by atoms with Crippen molar-refractivity contribution in [3.05, 3.63) is 76.7 Å². The molecule has 7 nitrogen and oxygen atoms in total. The van der Waals surface area contributed by atoms with Crippen LogP contribution in [-0.2, 0) is 6.42 Å². The number of hydrogen-bond donors (Lipinski definition) is 0. The van der Waals surface area contributed by atoms with Gasteiger partial charge in [0.2, 0.25) is 0 Å². The van der Waals surface area contributed by atoms with E-state index >= 15 is 0 Å². The lowest BCUT2D eigenvalue weighted by atomic mass is 10.0. The van der Waals surface area contributed by atoms with Crippen molar-refractivity contribution >= 4 is 11.7 Å². The number of aryl methyl sites for hydroxylation is 2. The maximum absolute atomic E-state index is 13.0. The van der Waals surface area contributed by atoms with Gasteiger partial charge in [-0.15, -0.1) is 0 Å². The number of hydrogen-bond acceptors (Lipinski definition) is 6. The molecule has 1 aromatic heterocycles. The van der Waals surface area contributed by atoms with Gasteiger partial charge in [-0.2, -0.15) is 0 Å². The Morgan fingerprint density at radius 1 is 0.909 bits per heavy atom. The lowest BCUT2D eigenvalue weighted by molar-refractivity contribution is 0.0746. The average molecular weight is 447 g/mol. The van der Waals surface area contributed by atoms with Gasteiger partial charge in [0.05, 0.1) is 14.2 Å². The van der Waals surface area contributed by atoms with Crippen LogP contribution in [0, 0.1) is 13.8 Å². The number of amides is 1. The molecule has 3 aromatic rings. The summed E-state index contributed by atoms with van der Waals surface area (Å²) in [6.07, 6.45) is 0.724. The first kappa shape index (κ1) is 22.6. The molecule has 0 radical (unpaired) electrons. The van der Waals surface area contributed by atoms with Crippen molar-refractivity contribution in [2.45, 2.75) is 20.3 Å². The average Bonchev–Trinajstić information content (AvgIpc) is 2.85. The molecule has 1 aliphatic rings. The van der Waals surface area contributed by atoms with E-state index in [-0.39, 0.29) is 5.91 Å². The molecule has 172 valence electrons. The van der Waals surface area contributed by atoms with Crippen molar-refractivity contribution in [3.8, 4) is 11.5 Å². The van der Waals surface area contributed by atoms with Gasteiger partial charge in [0.1, 0.15) is 23.1 Å². The van der Waals surface area contributed by atoms with Gasteiger partial charge in [0.25, 0.3) is 5.91 Å². The van der Waals surface area contributed by atoms with E-state index in [1.54, 1.807) is 20.3 Å². The first-order valence-corrected chi connectivity index (χ1v) is 11.1. The predicted molar refractivity (Wildman–Crippen MR) is 128 cm³/mol. The third-order valence-electron chi connectivity index (χ3n) is 6.00. The van der Waals surface area contributed by atoms with Gasteiger partial charge < -0.3 is 19.3 Å². The van der Waals surface area contributed by atoms with Crippen molar-refractivity contribution in [3.63, 3.8) is 0 Å². The number of piperazine rings is 1. The van der Waals surface area contributed by atoms with Crippen LogP contribution in [0.15, 0.2) is 48.5 Å². The minimum Gasteiger partial charge on any atom is -0.497 e. The fraction of sp³-hybridized carbons (Fsp3) is 0.346. The fourth-order valence-electron chi connectivity index (χ4n) is 4.23. The lowest BCUT2D eigenvalue weighted by Gasteiger charge is -2.36. The summed E-state index contributed by atoms with van der Waals surface area (Å²) < 4.78 is 10.7. The number of carbonyl (C=O) groups excluding carboxylic acids is 1. The van der Waals surface area contributed by atoms with E-state index in [2.05, 4.69) is 16.0 Å². The first-order chi connectivity index (χ1) is 16.0. The summed E-state index contributed by atoms with van der Waals surface area (Å²) in [6.45, 7) is 6.67. The normalized spacial score (nSPS) is 13.7. The van der Waals surface area contributed by atoms with Crippen molar-refractivity contribution in [1.82, 2.24) is 14.9 Å². The van der Waals surface area contributed by atoms with Crippen LogP contribution in [0.25, 0.3) is 0 Å². The molecule has 1 fully saturated rings. The minimum atomic E-state index is 0.0280. The highest BCUT2D eigenvalue weighted by Crippen LogP contribution is 2.27. The smallest absolute Gasteiger partial charge is 0.254 e. The van der Waals surface area contributed by atoms with Crippen molar-refractivity contribution < 1.29 is 14.3 Å². The zero-order valence-electron chi connectivity index (χ0n) is 19.7. The van der Waals surface area contributed by atoms with Crippen molar-refractivity contribution in [1.29, 1.82) is 0 Å². The summed E-state index contributed by atoms with van der Waals surface area (Å²) in [7, 11) is 3.29. The Labute approximate surface area is 195 Å². The topological polar surface area (TPSA) is 67.8 Å². The lowest BCUT2D eigenvalue weighted by Crippen LogP contribution is -2.49. The Morgan fingerprint density at radius 2 is 1.58 bits per heavy atom. The molecule has 0 atom stereocenters. The number of aromatic nitrogens is 2. The molecule has 7 heteroatoms. The van der Waals surface area contributed by atoms with Gasteiger partial charge in [0.15, 0.2) is 0 Å². The number of methoxy groups -OCH3 is 2. The van der Waals surface area contributed by atoms with E-state index < -0.39 is 0 Å². The van der Waals surface area contributed by atoms with Gasteiger partial charge in [-0.1, -0.05) is 18.2 Å². The van der Waals surface area contributed by atoms with Crippen LogP contribution in [0.2, 0.25) is 0 Å². The zero-order valence-corrected chi connectivity index (χ0v) is 19.7. The second-order valence-electron chi connectivity index (χ2n) is 8.20. The molecule has 33 heavy (non-hydrogen) atoms. The summed E-state index contributed by atoms with van der Waals surface area (Å²) in [6, 6.07) is 15.4. The minimum absolute atomic E-state index is 0.0280. The van der Waals surface area contributed by atoms with E-state index in [0.29, 0.717) is 24.4 Å². The molecule has 0 saturated carbocycles. The third kappa shape index (κ3) is 5.08. The monoisotopic (exact) mass is 446 g/mol. The number of ether oxygens (including phenoxy) is 2. The largest absolute Gasteiger partial charge is 0.497 e. The summed E-state index contributed by atoms with van der Waals surface area (Å²) in [5.41, 5.74) is 3.89. The van der Waals surface area contributed by atoms with E-state index in [0.717, 1.165) is 53.7 Å². The van der Waals surface area contributed by atoms with E-state index in [4.69, 9.17) is 14.5 Å². The molecule has 1 saturated heterocycles. The van der Waals surface area contributed by atoms with Crippen LogP contribution in [0.5, 0.6) is 11.5 Å². The molecular weight excluding hydrogens is 416 g/mol. The van der Waals surface area contributed by atoms with Crippen LogP contribution >= 0.6 is 0 Å². The van der Waals surface area contributed by atoms with Crippen LogP contribution in [0.3, 0.4) is 0 Å². The highest BCUT2D eigenvalue weighted by Gasteiger charge is 2.25. The number of anilines is 1. The summed E-state index contributed by atoms with van der Waals surface area (Å²) in [4.78, 5) is 26.6. The summed E-state index contributed by atoms with van der Waals surface area (Å²) in [5, 5.41) is 0. The molecule has 1 amide bonds. The van der Waals surface area contributed by atoms with E-state index in [1.807, 2.05) is 55.1 Å². The molecule has 2 heterocycles. The second kappa shape index (κ2) is 9.90. The number of nitrogens with zero attached hydrogens (tertiary/aromatic N) is 4. The van der Waals surface area contributed by atoms with Gasteiger partial charge in [-0.05, 0) is 49.7 Å². The maximum atomic E-state index is 13.0. The standard InChI is InChI=1S/C26H30N4O3/c1-18-24(16-20-7-5-9-22(15-20)32-3)25(28-19(2)27-18)29-11-13-30(14-12-29)26(31)21-8-6-10-23(17-21)33-4/h5-10,15,17H,11-14,16H2,1-4H3. The number of benzene rings is 2. The van der Waals surface area contributed by atoms with E-state index in [9.17, 15) is 4.79 Å². The predicted octanol–water partition coefficient (Wildman–Crippen LogP) is 3.66. The maximum Gasteiger partial charge on any atom is 0.254 e. The molecule has 0 N–H and O–H groups in total. The first-order valence-electron chi connectivity index (χ1n) is 11.1. The van der Waals surface area contributed by atoms with Gasteiger partial charge in [-0.25, -0.2) is 9.97 Å². The van der Waals surface area contributed by atoms with Gasteiger partial charge in [0, 0.05) is 49.4 Å². The summed E-state index contributed by atoms with van der Waals surface area (Å²) in [5.74, 6) is 3.27. The molecule has 1 aliphatic heterocycles. The van der Waals surface area contributed by atoms with Crippen LogP contribution < -0.4 is 14.4 Å². The molecule has 2 aromatic carbocycles. The Kier molecular flexibility index (Phi) is 6.77.